The van der Waals surface area contributed by atoms with Crippen LogP contribution in [0, 0.1) is 0 Å². The molecule has 2 rings (SSSR count). The molecule has 0 amide bonds. The molecule has 1 unspecified atom stereocenters. The molecule has 1 aliphatic carbocycles. The predicted molar refractivity (Wildman–Crippen MR) is 68.6 cm³/mol. The largest absolute Gasteiger partial charge is 0.314 e. The Hall–Kier alpha value is 0.270. The Kier molecular flexibility index (Phi) is 4.35. The first-order valence-corrected chi connectivity index (χ1v) is 7.56. The van der Waals surface area contributed by atoms with E-state index in [1.54, 1.807) is 0 Å². The van der Waals surface area contributed by atoms with Crippen molar-refractivity contribution in [1.29, 1.82) is 0 Å². The van der Waals surface area contributed by atoms with E-state index in [9.17, 15) is 0 Å². The van der Waals surface area contributed by atoms with Gasteiger partial charge in [0, 0.05) is 23.9 Å². The van der Waals surface area contributed by atoms with Crippen molar-refractivity contribution in [3.05, 3.63) is 0 Å². The summed E-state index contributed by atoms with van der Waals surface area (Å²) in [5.41, 5.74) is 0. The van der Waals surface area contributed by atoms with Crippen molar-refractivity contribution in [3.8, 4) is 0 Å². The summed E-state index contributed by atoms with van der Waals surface area (Å²) in [4.78, 5) is 0. The van der Waals surface area contributed by atoms with Gasteiger partial charge in [0.25, 0.3) is 0 Å². The maximum absolute atomic E-state index is 3.67. The minimum absolute atomic E-state index is 0.592. The van der Waals surface area contributed by atoms with Crippen molar-refractivity contribution in [2.24, 2.45) is 0 Å². The quantitative estimate of drug-likeness (QED) is 0.753. The molecule has 1 atom stereocenters. The summed E-state index contributed by atoms with van der Waals surface area (Å²) in [7, 11) is 0. The fourth-order valence-corrected chi connectivity index (χ4v) is 3.54. The molecule has 88 valence electrons. The van der Waals surface area contributed by atoms with Gasteiger partial charge in [0.05, 0.1) is 0 Å². The zero-order chi connectivity index (χ0) is 10.6. The van der Waals surface area contributed by atoms with Crippen molar-refractivity contribution < 1.29 is 0 Å². The minimum atomic E-state index is 0.592. The van der Waals surface area contributed by atoms with E-state index >= 15 is 0 Å². The number of nitrogens with one attached hydrogen (secondary N) is 2. The Bertz CT molecular complexity index is 181. The molecule has 0 bridgehead atoms. The Morgan fingerprint density at radius 3 is 2.73 bits per heavy atom. The highest BCUT2D eigenvalue weighted by molar-refractivity contribution is 8.00. The Morgan fingerprint density at radius 2 is 2.20 bits per heavy atom. The monoisotopic (exact) mass is 228 g/mol. The molecule has 15 heavy (non-hydrogen) atoms. The smallest absolute Gasteiger partial charge is 0.0281 e. The molecule has 3 heteroatoms. The van der Waals surface area contributed by atoms with Crippen molar-refractivity contribution >= 4 is 11.8 Å². The van der Waals surface area contributed by atoms with Crippen LogP contribution >= 0.6 is 11.8 Å². The highest BCUT2D eigenvalue weighted by Crippen LogP contribution is 2.42. The van der Waals surface area contributed by atoms with Crippen LogP contribution in [-0.4, -0.2) is 36.7 Å². The van der Waals surface area contributed by atoms with Crippen LogP contribution in [0.5, 0.6) is 0 Å². The van der Waals surface area contributed by atoms with Crippen LogP contribution in [0.3, 0.4) is 0 Å². The second-order valence-electron chi connectivity index (χ2n) is 5.02. The topological polar surface area (TPSA) is 24.1 Å². The van der Waals surface area contributed by atoms with Gasteiger partial charge in [0.1, 0.15) is 0 Å². The molecule has 1 aliphatic heterocycles. The lowest BCUT2D eigenvalue weighted by molar-refractivity contribution is 0.324. The van der Waals surface area contributed by atoms with Gasteiger partial charge in [0.15, 0.2) is 0 Å². The van der Waals surface area contributed by atoms with E-state index in [0.717, 1.165) is 6.04 Å². The lowest BCUT2D eigenvalue weighted by atomic mass is 9.84. The summed E-state index contributed by atoms with van der Waals surface area (Å²) in [5, 5.41) is 7.26. The second kappa shape index (κ2) is 5.55. The molecule has 0 aromatic carbocycles. The zero-order valence-corrected chi connectivity index (χ0v) is 10.7. The fourth-order valence-electron chi connectivity index (χ4n) is 2.60. The second-order valence-corrected chi connectivity index (χ2v) is 6.29. The van der Waals surface area contributed by atoms with Crippen LogP contribution in [0.2, 0.25) is 0 Å². The standard InChI is InChI=1S/C12H24N2S/c1-15-12(6-4-7-12)10-13-9-11-5-2-3-8-14-11/h11,13-14H,2-10H2,1H3. The number of rotatable bonds is 5. The first-order valence-electron chi connectivity index (χ1n) is 6.34. The number of piperidine rings is 1. The van der Waals surface area contributed by atoms with Crippen LogP contribution in [0.4, 0.5) is 0 Å². The van der Waals surface area contributed by atoms with Gasteiger partial charge >= 0.3 is 0 Å². The summed E-state index contributed by atoms with van der Waals surface area (Å²) in [5.74, 6) is 0. The lowest BCUT2D eigenvalue weighted by Crippen LogP contribution is -2.48. The van der Waals surface area contributed by atoms with Crippen molar-refractivity contribution in [2.75, 3.05) is 25.9 Å². The van der Waals surface area contributed by atoms with Crippen molar-refractivity contribution in [3.63, 3.8) is 0 Å². The molecule has 2 N–H and O–H groups in total. The molecular formula is C12H24N2S. The van der Waals surface area contributed by atoms with Gasteiger partial charge in [0.2, 0.25) is 0 Å². The normalized spacial score (nSPS) is 29.8. The van der Waals surface area contributed by atoms with Crippen LogP contribution in [0.25, 0.3) is 0 Å². The Balaban J connectivity index is 1.61. The highest BCUT2D eigenvalue weighted by Gasteiger charge is 2.35. The van der Waals surface area contributed by atoms with E-state index in [-0.39, 0.29) is 0 Å². The van der Waals surface area contributed by atoms with E-state index in [1.165, 1.54) is 58.2 Å². The molecule has 0 aromatic rings. The Labute approximate surface area is 98.0 Å². The van der Waals surface area contributed by atoms with Crippen LogP contribution in [0.1, 0.15) is 38.5 Å². The molecule has 0 spiro atoms. The third-order valence-corrected chi connectivity index (χ3v) is 5.37. The Morgan fingerprint density at radius 1 is 1.33 bits per heavy atom. The van der Waals surface area contributed by atoms with Gasteiger partial charge in [-0.15, -0.1) is 0 Å². The molecule has 1 heterocycles. The molecule has 1 saturated heterocycles. The van der Waals surface area contributed by atoms with Crippen molar-refractivity contribution in [1.82, 2.24) is 10.6 Å². The first kappa shape index (κ1) is 11.7. The molecular weight excluding hydrogens is 204 g/mol. The maximum atomic E-state index is 3.67. The highest BCUT2D eigenvalue weighted by atomic mass is 32.2. The summed E-state index contributed by atoms with van der Waals surface area (Å²) < 4.78 is 0.592. The van der Waals surface area contributed by atoms with E-state index in [2.05, 4.69) is 28.7 Å². The summed E-state index contributed by atoms with van der Waals surface area (Å²) in [6, 6.07) is 0.734. The van der Waals surface area contributed by atoms with Gasteiger partial charge in [-0.3, -0.25) is 0 Å². The third kappa shape index (κ3) is 3.11. The summed E-state index contributed by atoms with van der Waals surface area (Å²) in [6.45, 7) is 3.61. The van der Waals surface area contributed by atoms with E-state index in [4.69, 9.17) is 0 Å². The number of hydrogen-bond donors (Lipinski definition) is 2. The minimum Gasteiger partial charge on any atom is -0.314 e. The van der Waals surface area contributed by atoms with E-state index < -0.39 is 0 Å². The molecule has 0 aromatic heterocycles. The van der Waals surface area contributed by atoms with Gasteiger partial charge in [-0.1, -0.05) is 12.8 Å². The third-order valence-electron chi connectivity index (χ3n) is 3.95. The number of thioether (sulfide) groups is 1. The lowest BCUT2D eigenvalue weighted by Gasteiger charge is -2.41. The molecule has 2 fully saturated rings. The number of hydrogen-bond acceptors (Lipinski definition) is 3. The van der Waals surface area contributed by atoms with Gasteiger partial charge < -0.3 is 10.6 Å². The van der Waals surface area contributed by atoms with Crippen LogP contribution < -0.4 is 10.6 Å². The molecule has 2 aliphatic rings. The van der Waals surface area contributed by atoms with Crippen LogP contribution in [0.15, 0.2) is 0 Å². The van der Waals surface area contributed by atoms with E-state index in [1.807, 2.05) is 0 Å². The van der Waals surface area contributed by atoms with Gasteiger partial charge in [-0.25, -0.2) is 0 Å². The molecule has 1 saturated carbocycles. The average Bonchev–Trinajstić information content (AvgIpc) is 2.24. The SMILES string of the molecule is CSC1(CNCC2CCCCN2)CCC1. The summed E-state index contributed by atoms with van der Waals surface area (Å²) in [6.07, 6.45) is 10.7. The zero-order valence-electron chi connectivity index (χ0n) is 9.85. The molecule has 2 nitrogen and oxygen atoms in total. The van der Waals surface area contributed by atoms with Gasteiger partial charge in [-0.2, -0.15) is 11.8 Å². The molecule has 0 radical (unpaired) electrons. The van der Waals surface area contributed by atoms with Gasteiger partial charge in [-0.05, 0) is 38.5 Å². The first-order chi connectivity index (χ1) is 7.35. The van der Waals surface area contributed by atoms with Crippen molar-refractivity contribution in [2.45, 2.75) is 49.3 Å². The summed E-state index contributed by atoms with van der Waals surface area (Å²) >= 11 is 2.06. The van der Waals surface area contributed by atoms with E-state index in [0.29, 0.717) is 4.75 Å². The fraction of sp³-hybridized carbons (Fsp3) is 1.00. The maximum Gasteiger partial charge on any atom is 0.0281 e. The predicted octanol–water partition coefficient (Wildman–Crippen LogP) is 2.00. The average molecular weight is 228 g/mol. The van der Waals surface area contributed by atoms with Crippen LogP contribution in [-0.2, 0) is 0 Å².